The summed E-state index contributed by atoms with van der Waals surface area (Å²) >= 11 is 0. The fraction of sp³-hybridized carbons (Fsp3) is 0.0952. The molecule has 0 saturated carbocycles. The highest BCUT2D eigenvalue weighted by atomic mass is 16.5. The standard InChI is InChI=1S/C21H21N7O/c1-29-16-8-10-24-20(12-16)26-19-7-6-18(28-22)21(27-19)25-13-14-4-5-17-15(11-14)3-2-9-23-17/h2-12,28H,13,22H2,1H3,(H2,24,25,26,27). The van der Waals surface area contributed by atoms with Gasteiger partial charge in [-0.3, -0.25) is 10.8 Å². The highest BCUT2D eigenvalue weighted by molar-refractivity contribution is 5.79. The lowest BCUT2D eigenvalue weighted by molar-refractivity contribution is 0.414. The molecule has 0 aliphatic heterocycles. The molecule has 0 saturated heterocycles. The molecule has 5 N–H and O–H groups in total. The van der Waals surface area contributed by atoms with Gasteiger partial charge in [-0.15, -0.1) is 0 Å². The molecule has 3 aromatic heterocycles. The quantitative estimate of drug-likeness (QED) is 0.281. The van der Waals surface area contributed by atoms with E-state index in [2.05, 4.69) is 37.1 Å². The summed E-state index contributed by atoms with van der Waals surface area (Å²) in [5.41, 5.74) is 5.45. The molecule has 146 valence electrons. The monoisotopic (exact) mass is 387 g/mol. The van der Waals surface area contributed by atoms with Crippen LogP contribution < -0.4 is 26.6 Å². The van der Waals surface area contributed by atoms with Gasteiger partial charge in [-0.25, -0.2) is 9.97 Å². The van der Waals surface area contributed by atoms with E-state index in [9.17, 15) is 0 Å². The van der Waals surface area contributed by atoms with Gasteiger partial charge in [-0.2, -0.15) is 0 Å². The molecule has 8 heteroatoms. The second-order valence-corrected chi connectivity index (χ2v) is 6.33. The van der Waals surface area contributed by atoms with Gasteiger partial charge in [0.2, 0.25) is 0 Å². The molecular weight excluding hydrogens is 366 g/mol. The van der Waals surface area contributed by atoms with Crippen LogP contribution in [-0.2, 0) is 6.54 Å². The molecule has 1 aromatic carbocycles. The number of ether oxygens (including phenoxy) is 1. The second-order valence-electron chi connectivity index (χ2n) is 6.33. The van der Waals surface area contributed by atoms with Crippen LogP contribution in [0.3, 0.4) is 0 Å². The third kappa shape index (κ3) is 4.33. The molecule has 4 aromatic rings. The van der Waals surface area contributed by atoms with Crippen molar-refractivity contribution in [3.63, 3.8) is 0 Å². The van der Waals surface area contributed by atoms with Crippen molar-refractivity contribution >= 4 is 34.0 Å². The number of pyridine rings is 3. The summed E-state index contributed by atoms with van der Waals surface area (Å²) in [6, 6.07) is 17.4. The maximum atomic E-state index is 5.65. The van der Waals surface area contributed by atoms with Crippen molar-refractivity contribution in [3.05, 3.63) is 72.6 Å². The molecule has 3 heterocycles. The fourth-order valence-corrected chi connectivity index (χ4v) is 2.94. The number of nitrogens with two attached hydrogens (primary N) is 1. The molecule has 0 bridgehead atoms. The number of hydrogen-bond acceptors (Lipinski definition) is 8. The van der Waals surface area contributed by atoms with Gasteiger partial charge in [0.25, 0.3) is 0 Å². The number of methoxy groups -OCH3 is 1. The van der Waals surface area contributed by atoms with Crippen molar-refractivity contribution in [2.75, 3.05) is 23.2 Å². The summed E-state index contributed by atoms with van der Waals surface area (Å²) < 4.78 is 5.23. The van der Waals surface area contributed by atoms with Crippen LogP contribution in [0, 0.1) is 0 Å². The molecule has 8 nitrogen and oxygen atoms in total. The van der Waals surface area contributed by atoms with Gasteiger partial charge in [-0.05, 0) is 42.0 Å². The van der Waals surface area contributed by atoms with Gasteiger partial charge >= 0.3 is 0 Å². The van der Waals surface area contributed by atoms with Crippen LogP contribution in [0.1, 0.15) is 5.56 Å². The van der Waals surface area contributed by atoms with Gasteiger partial charge in [0, 0.05) is 30.4 Å². The number of nitrogen functional groups attached to an aromatic ring is 1. The van der Waals surface area contributed by atoms with E-state index in [-0.39, 0.29) is 0 Å². The number of anilines is 4. The molecule has 0 radical (unpaired) electrons. The molecular formula is C21H21N7O. The maximum absolute atomic E-state index is 5.65. The van der Waals surface area contributed by atoms with E-state index in [0.717, 1.165) is 16.5 Å². The molecule has 0 atom stereocenters. The number of nitrogens with one attached hydrogen (secondary N) is 3. The summed E-state index contributed by atoms with van der Waals surface area (Å²) in [6.45, 7) is 0.591. The van der Waals surface area contributed by atoms with Crippen LogP contribution in [-0.4, -0.2) is 22.1 Å². The summed E-state index contributed by atoms with van der Waals surface area (Å²) in [5, 5.41) is 7.60. The Morgan fingerprint density at radius 2 is 1.90 bits per heavy atom. The minimum absolute atomic E-state index is 0.591. The van der Waals surface area contributed by atoms with E-state index in [1.807, 2.05) is 36.4 Å². The summed E-state index contributed by atoms with van der Waals surface area (Å²) in [4.78, 5) is 13.2. The molecule has 0 aliphatic carbocycles. The predicted molar refractivity (Wildman–Crippen MR) is 115 cm³/mol. The lowest BCUT2D eigenvalue weighted by atomic mass is 10.1. The Labute approximate surface area is 168 Å². The van der Waals surface area contributed by atoms with Crippen LogP contribution in [0.15, 0.2) is 67.0 Å². The van der Waals surface area contributed by atoms with Gasteiger partial charge < -0.3 is 20.8 Å². The van der Waals surface area contributed by atoms with Gasteiger partial charge in [0.15, 0.2) is 5.82 Å². The van der Waals surface area contributed by atoms with Crippen molar-refractivity contribution in [1.29, 1.82) is 0 Å². The zero-order chi connectivity index (χ0) is 20.1. The molecule has 4 rings (SSSR count). The third-order valence-corrected chi connectivity index (χ3v) is 4.40. The SMILES string of the molecule is COc1ccnc(Nc2ccc(NN)c(NCc3ccc4ncccc4c3)n2)c1. The van der Waals surface area contributed by atoms with E-state index >= 15 is 0 Å². The minimum Gasteiger partial charge on any atom is -0.497 e. The van der Waals surface area contributed by atoms with E-state index in [4.69, 9.17) is 10.6 Å². The van der Waals surface area contributed by atoms with Crippen LogP contribution in [0.25, 0.3) is 10.9 Å². The number of fused-ring (bicyclic) bond motifs is 1. The zero-order valence-corrected chi connectivity index (χ0v) is 15.9. The highest BCUT2D eigenvalue weighted by Crippen LogP contribution is 2.24. The van der Waals surface area contributed by atoms with Crippen molar-refractivity contribution in [2.24, 2.45) is 5.84 Å². The molecule has 0 spiro atoms. The number of hydrazine groups is 1. The van der Waals surface area contributed by atoms with Crippen molar-refractivity contribution in [3.8, 4) is 5.75 Å². The van der Waals surface area contributed by atoms with Crippen LogP contribution in [0.5, 0.6) is 5.75 Å². The summed E-state index contributed by atoms with van der Waals surface area (Å²) in [6.07, 6.45) is 3.46. The first kappa shape index (κ1) is 18.5. The molecule has 0 fully saturated rings. The second kappa shape index (κ2) is 8.41. The minimum atomic E-state index is 0.591. The maximum Gasteiger partial charge on any atom is 0.153 e. The molecule has 0 aliphatic rings. The van der Waals surface area contributed by atoms with E-state index in [0.29, 0.717) is 35.4 Å². The highest BCUT2D eigenvalue weighted by Gasteiger charge is 2.07. The van der Waals surface area contributed by atoms with E-state index < -0.39 is 0 Å². The normalized spacial score (nSPS) is 10.6. The average Bonchev–Trinajstić information content (AvgIpc) is 2.78. The Morgan fingerprint density at radius 1 is 0.966 bits per heavy atom. The topological polar surface area (TPSA) is 110 Å². The van der Waals surface area contributed by atoms with Gasteiger partial charge in [0.05, 0.1) is 18.3 Å². The third-order valence-electron chi connectivity index (χ3n) is 4.40. The van der Waals surface area contributed by atoms with Crippen LogP contribution >= 0.6 is 0 Å². The average molecular weight is 387 g/mol. The van der Waals surface area contributed by atoms with Crippen molar-refractivity contribution in [1.82, 2.24) is 15.0 Å². The molecule has 0 amide bonds. The lowest BCUT2D eigenvalue weighted by Gasteiger charge is -2.13. The number of rotatable bonds is 7. The Balaban J connectivity index is 1.52. The number of nitrogens with zero attached hydrogens (tertiary/aromatic N) is 3. The predicted octanol–water partition coefficient (Wildman–Crippen LogP) is 3.67. The van der Waals surface area contributed by atoms with Crippen molar-refractivity contribution in [2.45, 2.75) is 6.54 Å². The largest absolute Gasteiger partial charge is 0.497 e. The number of aromatic nitrogens is 3. The summed E-state index contributed by atoms with van der Waals surface area (Å²) in [5.74, 6) is 8.26. The van der Waals surface area contributed by atoms with Crippen LogP contribution in [0.4, 0.5) is 23.1 Å². The van der Waals surface area contributed by atoms with Crippen molar-refractivity contribution < 1.29 is 4.74 Å². The Morgan fingerprint density at radius 3 is 2.76 bits per heavy atom. The smallest absolute Gasteiger partial charge is 0.153 e. The number of benzene rings is 1. The Bertz CT molecular complexity index is 1130. The first-order chi connectivity index (χ1) is 14.2. The first-order valence-electron chi connectivity index (χ1n) is 9.07. The first-order valence-corrected chi connectivity index (χ1v) is 9.07. The molecule has 0 unspecified atom stereocenters. The Hall–Kier alpha value is -3.91. The van der Waals surface area contributed by atoms with E-state index in [1.165, 1.54) is 0 Å². The van der Waals surface area contributed by atoms with Gasteiger partial charge in [0.1, 0.15) is 17.4 Å². The lowest BCUT2D eigenvalue weighted by Crippen LogP contribution is -2.12. The summed E-state index contributed by atoms with van der Waals surface area (Å²) in [7, 11) is 1.62. The van der Waals surface area contributed by atoms with Gasteiger partial charge in [-0.1, -0.05) is 12.1 Å². The Kier molecular flexibility index (Phi) is 5.35. The molecule has 29 heavy (non-hydrogen) atoms. The fourth-order valence-electron chi connectivity index (χ4n) is 2.94. The van der Waals surface area contributed by atoms with Crippen LogP contribution in [0.2, 0.25) is 0 Å². The number of hydrogen-bond donors (Lipinski definition) is 4. The zero-order valence-electron chi connectivity index (χ0n) is 15.9. The van der Waals surface area contributed by atoms with E-state index in [1.54, 1.807) is 31.6 Å².